The second-order valence-electron chi connectivity index (χ2n) is 3.97. The highest BCUT2D eigenvalue weighted by molar-refractivity contribution is 5.73. The summed E-state index contributed by atoms with van der Waals surface area (Å²) in [5.74, 6) is -0.0939. The van der Waals surface area contributed by atoms with Crippen molar-refractivity contribution in [2.24, 2.45) is 0 Å². The van der Waals surface area contributed by atoms with E-state index in [1.54, 1.807) is 6.07 Å². The molecule has 4 heteroatoms. The van der Waals surface area contributed by atoms with Crippen LogP contribution in [0.4, 0.5) is 4.39 Å². The molecule has 0 unspecified atom stereocenters. The number of hydrogen-bond acceptors (Lipinski definition) is 3. The van der Waals surface area contributed by atoms with Crippen LogP contribution >= 0.6 is 0 Å². The van der Waals surface area contributed by atoms with Gasteiger partial charge in [0.05, 0.1) is 19.6 Å². The summed E-state index contributed by atoms with van der Waals surface area (Å²) in [6.45, 7) is 0. The van der Waals surface area contributed by atoms with Crippen molar-refractivity contribution < 1.29 is 18.7 Å². The molecule has 1 aliphatic rings. The lowest BCUT2D eigenvalue weighted by molar-refractivity contribution is -0.109. The van der Waals surface area contributed by atoms with Crippen molar-refractivity contribution in [1.29, 1.82) is 0 Å². The largest absolute Gasteiger partial charge is 0.493 e. The molecule has 0 bridgehead atoms. The minimum atomic E-state index is -0.500. The van der Waals surface area contributed by atoms with Crippen LogP contribution < -0.4 is 9.47 Å². The highest BCUT2D eigenvalue weighted by atomic mass is 19.1. The van der Waals surface area contributed by atoms with E-state index in [4.69, 9.17) is 9.47 Å². The summed E-state index contributed by atoms with van der Waals surface area (Å²) in [6.07, 6.45) is 2.42. The number of hydrogen-bond donors (Lipinski definition) is 0. The maximum absolute atomic E-state index is 13.7. The van der Waals surface area contributed by atoms with Crippen molar-refractivity contribution in [3.05, 3.63) is 23.5 Å². The third-order valence-corrected chi connectivity index (χ3v) is 3.02. The normalized spacial score (nSPS) is 16.7. The molecule has 3 nitrogen and oxygen atoms in total. The number of halogens is 1. The van der Waals surface area contributed by atoms with Gasteiger partial charge in [-0.25, -0.2) is 4.39 Å². The molecule has 86 valence electrons. The van der Waals surface area contributed by atoms with E-state index < -0.39 is 11.2 Å². The van der Waals surface area contributed by atoms with Crippen LogP contribution in [-0.2, 0) is 10.2 Å². The summed E-state index contributed by atoms with van der Waals surface area (Å²) in [7, 11) is 2.83. The average Bonchev–Trinajstić information content (AvgIpc) is 3.08. The summed E-state index contributed by atoms with van der Waals surface area (Å²) in [5.41, 5.74) is 0.165. The van der Waals surface area contributed by atoms with Crippen molar-refractivity contribution in [1.82, 2.24) is 0 Å². The predicted molar refractivity (Wildman–Crippen MR) is 56.5 cm³/mol. The fraction of sp³-hybridized carbons (Fsp3) is 0.417. The van der Waals surface area contributed by atoms with E-state index in [0.717, 1.165) is 19.1 Å². The van der Waals surface area contributed by atoms with Gasteiger partial charge in [0.25, 0.3) is 0 Å². The van der Waals surface area contributed by atoms with Gasteiger partial charge in [-0.2, -0.15) is 0 Å². The second kappa shape index (κ2) is 3.77. The van der Waals surface area contributed by atoms with E-state index >= 15 is 0 Å². The Morgan fingerprint density at radius 3 is 2.44 bits per heavy atom. The van der Waals surface area contributed by atoms with Crippen molar-refractivity contribution in [2.45, 2.75) is 18.3 Å². The topological polar surface area (TPSA) is 35.5 Å². The molecule has 0 heterocycles. The minimum Gasteiger partial charge on any atom is -0.493 e. The van der Waals surface area contributed by atoms with Crippen LogP contribution in [0.1, 0.15) is 18.4 Å². The zero-order valence-electron chi connectivity index (χ0n) is 9.25. The van der Waals surface area contributed by atoms with Gasteiger partial charge in [-0.3, -0.25) is 0 Å². The number of benzene rings is 1. The molecule has 0 saturated heterocycles. The van der Waals surface area contributed by atoms with Crippen molar-refractivity contribution in [3.8, 4) is 11.5 Å². The zero-order valence-corrected chi connectivity index (χ0v) is 9.25. The summed E-state index contributed by atoms with van der Waals surface area (Å²) < 4.78 is 23.6. The Balaban J connectivity index is 2.50. The monoisotopic (exact) mass is 224 g/mol. The lowest BCUT2D eigenvalue weighted by atomic mass is 9.97. The SMILES string of the molecule is COc1cc(C2(C=O)CC2)cc(F)c1OC. The number of methoxy groups -OCH3 is 2. The summed E-state index contributed by atoms with van der Waals surface area (Å²) in [6, 6.07) is 3.02. The first-order valence-corrected chi connectivity index (χ1v) is 5.05. The van der Waals surface area contributed by atoms with Gasteiger partial charge in [-0.05, 0) is 30.5 Å². The summed E-state index contributed by atoms with van der Waals surface area (Å²) in [5, 5.41) is 0. The molecule has 0 spiro atoms. The molecule has 1 saturated carbocycles. The molecule has 0 radical (unpaired) electrons. The van der Waals surface area contributed by atoms with Crippen molar-refractivity contribution in [2.75, 3.05) is 14.2 Å². The number of ether oxygens (including phenoxy) is 2. The molecule has 0 N–H and O–H groups in total. The van der Waals surface area contributed by atoms with Gasteiger partial charge in [-0.15, -0.1) is 0 Å². The van der Waals surface area contributed by atoms with Gasteiger partial charge in [0, 0.05) is 0 Å². The quantitative estimate of drug-likeness (QED) is 0.734. The second-order valence-corrected chi connectivity index (χ2v) is 3.97. The molecule has 0 aromatic heterocycles. The van der Waals surface area contributed by atoms with E-state index in [2.05, 4.69) is 0 Å². The van der Waals surface area contributed by atoms with E-state index in [-0.39, 0.29) is 5.75 Å². The van der Waals surface area contributed by atoms with Crippen LogP contribution in [0.2, 0.25) is 0 Å². The smallest absolute Gasteiger partial charge is 0.196 e. The molecule has 0 aliphatic heterocycles. The molecule has 16 heavy (non-hydrogen) atoms. The Bertz CT molecular complexity index is 425. The highest BCUT2D eigenvalue weighted by Crippen LogP contribution is 2.48. The third-order valence-electron chi connectivity index (χ3n) is 3.02. The number of carbonyl (C=O) groups is 1. The minimum absolute atomic E-state index is 0.0768. The van der Waals surface area contributed by atoms with E-state index in [0.29, 0.717) is 11.3 Å². The van der Waals surface area contributed by atoms with Crippen LogP contribution in [0.15, 0.2) is 12.1 Å². The molecular weight excluding hydrogens is 211 g/mol. The first-order valence-electron chi connectivity index (χ1n) is 5.05. The van der Waals surface area contributed by atoms with Gasteiger partial charge in [0.1, 0.15) is 6.29 Å². The van der Waals surface area contributed by atoms with Gasteiger partial charge < -0.3 is 14.3 Å². The summed E-state index contributed by atoms with van der Waals surface area (Å²) in [4.78, 5) is 11.0. The fourth-order valence-corrected chi connectivity index (χ4v) is 1.81. The van der Waals surface area contributed by atoms with Gasteiger partial charge in [0.15, 0.2) is 17.3 Å². The molecule has 2 rings (SSSR count). The van der Waals surface area contributed by atoms with E-state index in [1.807, 2.05) is 0 Å². The van der Waals surface area contributed by atoms with Crippen LogP contribution in [0, 0.1) is 5.82 Å². The molecular formula is C12H13FO3. The first-order chi connectivity index (χ1) is 7.66. The van der Waals surface area contributed by atoms with Gasteiger partial charge in [0.2, 0.25) is 0 Å². The fourth-order valence-electron chi connectivity index (χ4n) is 1.81. The van der Waals surface area contributed by atoms with E-state index in [9.17, 15) is 9.18 Å². The molecule has 0 atom stereocenters. The van der Waals surface area contributed by atoms with E-state index in [1.165, 1.54) is 20.3 Å². The van der Waals surface area contributed by atoms with Crippen LogP contribution in [0.5, 0.6) is 11.5 Å². The Hall–Kier alpha value is -1.58. The standard InChI is InChI=1S/C12H13FO3/c1-15-10-6-8(12(7-14)3-4-12)5-9(13)11(10)16-2/h5-7H,3-4H2,1-2H3. The Morgan fingerprint density at radius 2 is 2.00 bits per heavy atom. The summed E-state index contributed by atoms with van der Waals surface area (Å²) >= 11 is 0. The number of carbonyl (C=O) groups excluding carboxylic acids is 1. The maximum Gasteiger partial charge on any atom is 0.196 e. The Morgan fingerprint density at radius 1 is 1.31 bits per heavy atom. The Kier molecular flexibility index (Phi) is 2.58. The Labute approximate surface area is 93.2 Å². The van der Waals surface area contributed by atoms with Crippen LogP contribution in [0.3, 0.4) is 0 Å². The maximum atomic E-state index is 13.7. The molecule has 0 amide bonds. The molecule has 1 aliphatic carbocycles. The molecule has 1 fully saturated rings. The van der Waals surface area contributed by atoms with Crippen LogP contribution in [-0.4, -0.2) is 20.5 Å². The third kappa shape index (κ3) is 1.54. The van der Waals surface area contributed by atoms with Crippen molar-refractivity contribution in [3.63, 3.8) is 0 Å². The van der Waals surface area contributed by atoms with Crippen LogP contribution in [0.25, 0.3) is 0 Å². The average molecular weight is 224 g/mol. The molecule has 1 aromatic rings. The lowest BCUT2D eigenvalue weighted by Crippen LogP contribution is -2.09. The molecule has 1 aromatic carbocycles. The first kappa shape index (κ1) is 10.9. The number of aldehydes is 1. The van der Waals surface area contributed by atoms with Gasteiger partial charge in [-0.1, -0.05) is 0 Å². The lowest BCUT2D eigenvalue weighted by Gasteiger charge is -2.13. The van der Waals surface area contributed by atoms with Gasteiger partial charge >= 0.3 is 0 Å². The zero-order chi connectivity index (χ0) is 11.8. The highest BCUT2D eigenvalue weighted by Gasteiger charge is 2.45. The predicted octanol–water partition coefficient (Wildman–Crippen LogP) is 2.07. The number of rotatable bonds is 4. The van der Waals surface area contributed by atoms with Crippen molar-refractivity contribution >= 4 is 6.29 Å².